The monoisotopic (exact) mass is 240 g/mol. The fourth-order valence-electron chi connectivity index (χ4n) is 0.161. The van der Waals surface area contributed by atoms with Crippen LogP contribution in [0.2, 0.25) is 0 Å². The molecule has 10 heavy (non-hydrogen) atoms. The Kier molecular flexibility index (Phi) is 22.0. The summed E-state index contributed by atoms with van der Waals surface area (Å²) in [7, 11) is 7.71. The Morgan fingerprint density at radius 1 is 1.00 bits per heavy atom. The van der Waals surface area contributed by atoms with E-state index in [0.29, 0.717) is 0 Å². The summed E-state index contributed by atoms with van der Waals surface area (Å²) in [6, 6.07) is 0. The van der Waals surface area contributed by atoms with Crippen LogP contribution in [0.1, 0.15) is 13.8 Å². The smallest absolute Gasteiger partial charge is 0.379 e. The molecule has 0 N–H and O–H groups in total. The van der Waals surface area contributed by atoms with Crippen LogP contribution in [-0.2, 0) is 0 Å². The van der Waals surface area contributed by atoms with Gasteiger partial charge in [-0.05, 0) is 11.5 Å². The van der Waals surface area contributed by atoms with E-state index in [9.17, 15) is 0 Å². The van der Waals surface area contributed by atoms with E-state index in [2.05, 4.69) is 13.8 Å². The fraction of sp³-hybridized carbons (Fsp3) is 1.00. The first-order valence-corrected chi connectivity index (χ1v) is 9.43. The van der Waals surface area contributed by atoms with Crippen molar-refractivity contribution in [2.75, 3.05) is 11.5 Å². The van der Waals surface area contributed by atoms with Gasteiger partial charge in [-0.3, -0.25) is 20.8 Å². The normalized spacial score (nSPS) is 9.00. The summed E-state index contributed by atoms with van der Waals surface area (Å²) in [4.78, 5) is 0. The van der Waals surface area contributed by atoms with Crippen molar-refractivity contribution in [2.24, 2.45) is 0 Å². The largest absolute Gasteiger partial charge is 1.00 e. The average Bonchev–Trinajstić information content (AvgIpc) is 1.89. The molecule has 0 nitrogen and oxygen atoms in total. The molecule has 0 aliphatic carbocycles. The Balaban J connectivity index is 0. The molecule has 0 aromatic rings. The van der Waals surface area contributed by atoms with Crippen molar-refractivity contribution in [1.82, 2.24) is 0 Å². The summed E-state index contributed by atoms with van der Waals surface area (Å²) in [6.07, 6.45) is 0. The van der Waals surface area contributed by atoms with Crippen molar-refractivity contribution in [3.8, 4) is 0 Å². The summed E-state index contributed by atoms with van der Waals surface area (Å²) >= 11 is 0. The van der Waals surface area contributed by atoms with Gasteiger partial charge in [-0.2, -0.15) is 0 Å². The molecular weight excluding hydrogens is 230 g/mol. The Bertz CT molecular complexity index is 50.5. The minimum absolute atomic E-state index is 0. The molecule has 0 atom stereocenters. The van der Waals surface area contributed by atoms with Crippen molar-refractivity contribution in [1.29, 1.82) is 0 Å². The van der Waals surface area contributed by atoms with Crippen LogP contribution >= 0.6 is 49.4 Å². The van der Waals surface area contributed by atoms with E-state index in [1.807, 2.05) is 42.4 Å². The van der Waals surface area contributed by atoms with Gasteiger partial charge >= 0.3 is 29.6 Å². The van der Waals surface area contributed by atoms with E-state index in [-0.39, 0.29) is 29.6 Å². The van der Waals surface area contributed by atoms with Crippen LogP contribution in [0.15, 0.2) is 0 Å². The standard InChI is InChI=1S/C4H10PS4.Na/c1-3-6-8-5-9-7-4-2;/h3-4H2,1-2H3;/q-1;+1. The molecule has 0 rings (SSSR count). The van der Waals surface area contributed by atoms with Gasteiger partial charge in [-0.15, -0.1) is 21.6 Å². The topological polar surface area (TPSA) is 0 Å². The van der Waals surface area contributed by atoms with Gasteiger partial charge in [0.05, 0.1) is 0 Å². The Morgan fingerprint density at radius 3 is 1.70 bits per heavy atom. The second kappa shape index (κ2) is 14.4. The maximum absolute atomic E-state index is 2.19. The molecule has 0 aliphatic rings. The quantitative estimate of drug-likeness (QED) is 0.299. The summed E-state index contributed by atoms with van der Waals surface area (Å²) in [5.41, 5.74) is 0. The summed E-state index contributed by atoms with van der Waals surface area (Å²) in [6.45, 7) is 5.80. The number of hydrogen-bond donors (Lipinski definition) is 0. The molecule has 56 valence electrons. The minimum atomic E-state index is 0. The van der Waals surface area contributed by atoms with Gasteiger partial charge in [0.15, 0.2) is 0 Å². The molecule has 0 aromatic heterocycles. The van der Waals surface area contributed by atoms with Gasteiger partial charge in [-0.1, -0.05) is 13.8 Å². The summed E-state index contributed by atoms with van der Waals surface area (Å²) in [5.74, 6) is 2.43. The first kappa shape index (κ1) is 15.3. The zero-order chi connectivity index (χ0) is 6.95. The molecule has 0 saturated carbocycles. The van der Waals surface area contributed by atoms with Crippen LogP contribution in [0.25, 0.3) is 0 Å². The van der Waals surface area contributed by atoms with Crippen LogP contribution in [0.3, 0.4) is 0 Å². The fourth-order valence-corrected chi connectivity index (χ4v) is 9.35. The third kappa shape index (κ3) is 13.4. The van der Waals surface area contributed by atoms with Crippen LogP contribution in [0.5, 0.6) is 0 Å². The van der Waals surface area contributed by atoms with Crippen molar-refractivity contribution in [2.45, 2.75) is 13.8 Å². The average molecular weight is 240 g/mol. The third-order valence-electron chi connectivity index (χ3n) is 0.402. The van der Waals surface area contributed by atoms with E-state index in [0.717, 1.165) is 0 Å². The maximum Gasteiger partial charge on any atom is 1.00 e. The SMILES string of the molecule is CCSS[P-]SSCC.[Na+]. The van der Waals surface area contributed by atoms with Crippen LogP contribution in [-0.4, -0.2) is 11.5 Å². The van der Waals surface area contributed by atoms with Crippen molar-refractivity contribution < 1.29 is 29.6 Å². The van der Waals surface area contributed by atoms with Gasteiger partial charge in [0.25, 0.3) is 0 Å². The van der Waals surface area contributed by atoms with Gasteiger partial charge in [0.1, 0.15) is 0 Å². The molecule has 0 radical (unpaired) electrons. The van der Waals surface area contributed by atoms with Crippen LogP contribution in [0.4, 0.5) is 0 Å². The van der Waals surface area contributed by atoms with Crippen LogP contribution in [0, 0.1) is 0 Å². The van der Waals surface area contributed by atoms with Gasteiger partial charge in [0, 0.05) is 0 Å². The molecule has 0 heterocycles. The zero-order valence-corrected chi connectivity index (χ0v) is 12.7. The predicted molar refractivity (Wildman–Crippen MR) is 58.4 cm³/mol. The first-order valence-electron chi connectivity index (χ1n) is 2.69. The Morgan fingerprint density at radius 2 is 1.40 bits per heavy atom. The molecular formula is C4H10NaPS4. The van der Waals surface area contributed by atoms with Crippen molar-refractivity contribution >= 4 is 49.4 Å². The van der Waals surface area contributed by atoms with E-state index in [1.54, 1.807) is 0 Å². The molecule has 0 bridgehead atoms. The molecule has 6 heteroatoms. The Labute approximate surface area is 103 Å². The van der Waals surface area contributed by atoms with E-state index >= 15 is 0 Å². The summed E-state index contributed by atoms with van der Waals surface area (Å²) in [5, 5.41) is 0. The minimum Gasteiger partial charge on any atom is -0.379 e. The Hall–Kier alpha value is 2.83. The number of rotatable bonds is 6. The molecule has 0 fully saturated rings. The third-order valence-corrected chi connectivity index (χ3v) is 9.90. The second-order valence-corrected chi connectivity index (χ2v) is 9.89. The maximum atomic E-state index is 2.19. The van der Waals surface area contributed by atoms with E-state index in [1.165, 1.54) is 18.5 Å². The van der Waals surface area contributed by atoms with Gasteiger partial charge < -0.3 is 6.98 Å². The number of hydrogen-bond acceptors (Lipinski definition) is 4. The molecule has 0 aromatic carbocycles. The van der Waals surface area contributed by atoms with Gasteiger partial charge in [0.2, 0.25) is 0 Å². The summed E-state index contributed by atoms with van der Waals surface area (Å²) < 4.78 is 0. The molecule has 0 unspecified atom stereocenters. The zero-order valence-electron chi connectivity index (χ0n) is 6.49. The van der Waals surface area contributed by atoms with E-state index < -0.39 is 0 Å². The molecule has 0 aliphatic heterocycles. The molecule has 0 spiro atoms. The van der Waals surface area contributed by atoms with Crippen LogP contribution < -0.4 is 29.6 Å². The van der Waals surface area contributed by atoms with E-state index in [4.69, 9.17) is 0 Å². The van der Waals surface area contributed by atoms with Crippen molar-refractivity contribution in [3.05, 3.63) is 0 Å². The van der Waals surface area contributed by atoms with Gasteiger partial charge in [-0.25, -0.2) is 0 Å². The first-order chi connectivity index (χ1) is 4.41. The second-order valence-electron chi connectivity index (χ2n) is 1.04. The van der Waals surface area contributed by atoms with Crippen molar-refractivity contribution in [3.63, 3.8) is 0 Å². The predicted octanol–water partition coefficient (Wildman–Crippen LogP) is 1.57. The molecule has 0 saturated heterocycles. The molecule has 0 amide bonds.